The van der Waals surface area contributed by atoms with Gasteiger partial charge in [0.25, 0.3) is 0 Å². The highest BCUT2D eigenvalue weighted by Gasteiger charge is 2.20. The van der Waals surface area contributed by atoms with Crippen LogP contribution in [0.1, 0.15) is 5.69 Å². The standard InChI is InChI=1S/C14H17ClN4O3S/c1-19(2)14-16-7-6-11(18-14)9-17-23(20,21)13-8-10(15)4-5-12(13)22-3/h4-8,17H,9H2,1-3H3. The van der Waals surface area contributed by atoms with Crippen molar-refractivity contribution in [3.05, 3.63) is 41.2 Å². The van der Waals surface area contributed by atoms with Gasteiger partial charge in [-0.3, -0.25) is 0 Å². The Kier molecular flexibility index (Phi) is 5.40. The molecule has 0 aliphatic rings. The van der Waals surface area contributed by atoms with Crippen LogP contribution in [-0.4, -0.2) is 39.6 Å². The van der Waals surface area contributed by atoms with Gasteiger partial charge < -0.3 is 9.64 Å². The van der Waals surface area contributed by atoms with E-state index in [1.54, 1.807) is 37.3 Å². The Hall–Kier alpha value is -1.90. The molecule has 23 heavy (non-hydrogen) atoms. The molecule has 0 saturated carbocycles. The summed E-state index contributed by atoms with van der Waals surface area (Å²) in [5.41, 5.74) is 0.549. The summed E-state index contributed by atoms with van der Waals surface area (Å²) in [5, 5.41) is 0.308. The van der Waals surface area contributed by atoms with Crippen LogP contribution in [0.25, 0.3) is 0 Å². The molecule has 1 aromatic carbocycles. The van der Waals surface area contributed by atoms with Gasteiger partial charge in [0.2, 0.25) is 16.0 Å². The van der Waals surface area contributed by atoms with E-state index in [4.69, 9.17) is 16.3 Å². The number of ether oxygens (including phenoxy) is 1. The third-order valence-corrected chi connectivity index (χ3v) is 4.62. The second-order valence-corrected chi connectivity index (χ2v) is 7.03. The molecule has 2 aromatic rings. The minimum atomic E-state index is -3.79. The summed E-state index contributed by atoms with van der Waals surface area (Å²) in [6.45, 7) is 0.0291. The van der Waals surface area contributed by atoms with Crippen LogP contribution in [0.5, 0.6) is 5.75 Å². The fraction of sp³-hybridized carbons (Fsp3) is 0.286. The van der Waals surface area contributed by atoms with Crippen molar-refractivity contribution in [1.29, 1.82) is 0 Å². The number of anilines is 1. The zero-order valence-electron chi connectivity index (χ0n) is 12.9. The molecular formula is C14H17ClN4O3S. The lowest BCUT2D eigenvalue weighted by atomic mass is 10.3. The normalized spacial score (nSPS) is 11.3. The van der Waals surface area contributed by atoms with Crippen LogP contribution in [0, 0.1) is 0 Å². The van der Waals surface area contributed by atoms with E-state index in [0.717, 1.165) is 0 Å². The monoisotopic (exact) mass is 356 g/mol. The van der Waals surface area contributed by atoms with Crippen molar-refractivity contribution >= 4 is 27.6 Å². The predicted molar refractivity (Wildman–Crippen MR) is 88.4 cm³/mol. The fourth-order valence-electron chi connectivity index (χ4n) is 1.81. The Morgan fingerprint density at radius 3 is 2.70 bits per heavy atom. The van der Waals surface area contributed by atoms with Crippen molar-refractivity contribution in [3.8, 4) is 5.75 Å². The molecule has 0 fully saturated rings. The van der Waals surface area contributed by atoms with Crippen LogP contribution in [-0.2, 0) is 16.6 Å². The highest BCUT2D eigenvalue weighted by Crippen LogP contribution is 2.26. The first-order chi connectivity index (χ1) is 10.8. The second kappa shape index (κ2) is 7.12. The molecule has 9 heteroatoms. The number of methoxy groups -OCH3 is 1. The summed E-state index contributed by atoms with van der Waals surface area (Å²) in [5.74, 6) is 0.723. The predicted octanol–water partition coefficient (Wildman–Crippen LogP) is 1.68. The Morgan fingerprint density at radius 1 is 1.30 bits per heavy atom. The fourth-order valence-corrected chi connectivity index (χ4v) is 3.23. The number of aromatic nitrogens is 2. The molecule has 0 bridgehead atoms. The molecule has 7 nitrogen and oxygen atoms in total. The smallest absolute Gasteiger partial charge is 0.244 e. The molecule has 0 unspecified atom stereocenters. The molecular weight excluding hydrogens is 340 g/mol. The molecule has 2 rings (SSSR count). The molecule has 1 N–H and O–H groups in total. The molecule has 0 saturated heterocycles. The van der Waals surface area contributed by atoms with Gasteiger partial charge >= 0.3 is 0 Å². The number of hydrogen-bond donors (Lipinski definition) is 1. The van der Waals surface area contributed by atoms with E-state index in [9.17, 15) is 8.42 Å². The van der Waals surface area contributed by atoms with Crippen molar-refractivity contribution in [3.63, 3.8) is 0 Å². The Bertz CT molecular complexity index is 796. The maximum atomic E-state index is 12.5. The average Bonchev–Trinajstić information content (AvgIpc) is 2.53. The van der Waals surface area contributed by atoms with Crippen LogP contribution in [0.3, 0.4) is 0 Å². The van der Waals surface area contributed by atoms with Gasteiger partial charge in [-0.25, -0.2) is 23.1 Å². The number of halogens is 1. The summed E-state index contributed by atoms with van der Waals surface area (Å²) < 4.78 is 32.5. The topological polar surface area (TPSA) is 84.4 Å². The average molecular weight is 357 g/mol. The number of benzene rings is 1. The highest BCUT2D eigenvalue weighted by atomic mass is 35.5. The number of sulfonamides is 1. The molecule has 0 aliphatic carbocycles. The summed E-state index contributed by atoms with van der Waals surface area (Å²) >= 11 is 5.88. The lowest BCUT2D eigenvalue weighted by Gasteiger charge is -2.12. The lowest BCUT2D eigenvalue weighted by molar-refractivity contribution is 0.402. The largest absolute Gasteiger partial charge is 0.495 e. The van der Waals surface area contributed by atoms with Gasteiger partial charge in [0.15, 0.2) is 0 Å². The summed E-state index contributed by atoms with van der Waals surface area (Å²) in [6.07, 6.45) is 1.58. The van der Waals surface area contributed by atoms with Gasteiger partial charge in [0.05, 0.1) is 19.3 Å². The molecule has 124 valence electrons. The summed E-state index contributed by atoms with van der Waals surface area (Å²) in [7, 11) is 1.22. The Labute approximate surface area is 140 Å². The first kappa shape index (κ1) is 17.5. The van der Waals surface area contributed by atoms with Gasteiger partial charge in [-0.1, -0.05) is 11.6 Å². The van der Waals surface area contributed by atoms with E-state index in [-0.39, 0.29) is 17.2 Å². The van der Waals surface area contributed by atoms with Crippen molar-refractivity contribution in [2.75, 3.05) is 26.1 Å². The van der Waals surface area contributed by atoms with Gasteiger partial charge in [-0.05, 0) is 24.3 Å². The van der Waals surface area contributed by atoms with Crippen LogP contribution < -0.4 is 14.4 Å². The third kappa shape index (κ3) is 4.31. The zero-order chi connectivity index (χ0) is 17.0. The van der Waals surface area contributed by atoms with Crippen LogP contribution in [0.2, 0.25) is 5.02 Å². The number of nitrogens with zero attached hydrogens (tertiary/aromatic N) is 3. The first-order valence-corrected chi connectivity index (χ1v) is 8.52. The van der Waals surface area contributed by atoms with Crippen LogP contribution >= 0.6 is 11.6 Å². The van der Waals surface area contributed by atoms with Crippen molar-refractivity contribution in [2.45, 2.75) is 11.4 Å². The molecule has 0 atom stereocenters. The zero-order valence-corrected chi connectivity index (χ0v) is 14.5. The van der Waals surface area contributed by atoms with Crippen molar-refractivity contribution in [2.24, 2.45) is 0 Å². The van der Waals surface area contributed by atoms with E-state index < -0.39 is 10.0 Å². The molecule has 1 aromatic heterocycles. The van der Waals surface area contributed by atoms with E-state index in [1.807, 2.05) is 0 Å². The maximum Gasteiger partial charge on any atom is 0.244 e. The SMILES string of the molecule is COc1ccc(Cl)cc1S(=O)(=O)NCc1ccnc(N(C)C)n1. The van der Waals surface area contributed by atoms with Gasteiger partial charge in [0, 0.05) is 25.3 Å². The third-order valence-electron chi connectivity index (χ3n) is 2.96. The Morgan fingerprint density at radius 2 is 2.04 bits per heavy atom. The number of rotatable bonds is 6. The molecule has 0 radical (unpaired) electrons. The first-order valence-electron chi connectivity index (χ1n) is 6.66. The second-order valence-electron chi connectivity index (χ2n) is 4.86. The van der Waals surface area contributed by atoms with E-state index in [0.29, 0.717) is 16.7 Å². The van der Waals surface area contributed by atoms with Crippen LogP contribution in [0.15, 0.2) is 35.4 Å². The number of nitrogens with one attached hydrogen (secondary N) is 1. The van der Waals surface area contributed by atoms with Gasteiger partial charge in [0.1, 0.15) is 10.6 Å². The summed E-state index contributed by atoms with van der Waals surface area (Å²) in [4.78, 5) is 10.1. The molecule has 0 amide bonds. The Balaban J connectivity index is 2.22. The lowest BCUT2D eigenvalue weighted by Crippen LogP contribution is -2.25. The van der Waals surface area contributed by atoms with E-state index in [2.05, 4.69) is 14.7 Å². The maximum absolute atomic E-state index is 12.5. The minimum Gasteiger partial charge on any atom is -0.495 e. The van der Waals surface area contributed by atoms with Crippen molar-refractivity contribution in [1.82, 2.24) is 14.7 Å². The summed E-state index contributed by atoms with van der Waals surface area (Å²) in [6, 6.07) is 6.05. The number of hydrogen-bond acceptors (Lipinski definition) is 6. The van der Waals surface area contributed by atoms with Gasteiger partial charge in [-0.15, -0.1) is 0 Å². The van der Waals surface area contributed by atoms with Crippen LogP contribution in [0.4, 0.5) is 5.95 Å². The molecule has 1 heterocycles. The van der Waals surface area contributed by atoms with E-state index in [1.165, 1.54) is 19.2 Å². The van der Waals surface area contributed by atoms with E-state index >= 15 is 0 Å². The minimum absolute atomic E-state index is 0.0191. The molecule has 0 aliphatic heterocycles. The van der Waals surface area contributed by atoms with Gasteiger partial charge in [-0.2, -0.15) is 0 Å². The molecule has 0 spiro atoms. The van der Waals surface area contributed by atoms with Crippen molar-refractivity contribution < 1.29 is 13.2 Å². The quantitative estimate of drug-likeness (QED) is 0.847. The highest BCUT2D eigenvalue weighted by molar-refractivity contribution is 7.89.